The van der Waals surface area contributed by atoms with Gasteiger partial charge in [0.25, 0.3) is 0 Å². The minimum absolute atomic E-state index is 0.838. The Kier molecular flexibility index (Phi) is 2.65. The maximum atomic E-state index is 3.52. The maximum absolute atomic E-state index is 3.52. The molecule has 0 atom stereocenters. The zero-order valence-electron chi connectivity index (χ0n) is 8.22. The van der Waals surface area contributed by atoms with Gasteiger partial charge in [-0.3, -0.25) is 0 Å². The monoisotopic (exact) mass is 175 g/mol. The van der Waals surface area contributed by atoms with E-state index < -0.39 is 0 Å². The van der Waals surface area contributed by atoms with Crippen LogP contribution in [0.5, 0.6) is 0 Å². The van der Waals surface area contributed by atoms with Gasteiger partial charge in [-0.05, 0) is 38.3 Å². The van der Waals surface area contributed by atoms with Gasteiger partial charge in [0.05, 0.1) is 0 Å². The summed E-state index contributed by atoms with van der Waals surface area (Å²) in [6.45, 7) is 3.26. The lowest BCUT2D eigenvalue weighted by Crippen LogP contribution is -2.19. The number of aryl methyl sites for hydroxylation is 1. The van der Waals surface area contributed by atoms with Gasteiger partial charge in [-0.25, -0.2) is 0 Å². The number of benzene rings is 1. The minimum Gasteiger partial charge on any atom is -0.314 e. The fraction of sp³-hybridized carbons (Fsp3) is 0.500. The zero-order chi connectivity index (χ0) is 9.10. The van der Waals surface area contributed by atoms with Gasteiger partial charge in [0.15, 0.2) is 0 Å². The average Bonchev–Trinajstić information content (AvgIpc) is 2.92. The fourth-order valence-electron chi connectivity index (χ4n) is 1.46. The summed E-state index contributed by atoms with van der Waals surface area (Å²) in [5, 5.41) is 3.52. The van der Waals surface area contributed by atoms with Crippen molar-refractivity contribution in [1.82, 2.24) is 5.32 Å². The van der Waals surface area contributed by atoms with Crippen LogP contribution < -0.4 is 5.32 Å². The van der Waals surface area contributed by atoms with Crippen LogP contribution in [-0.4, -0.2) is 12.6 Å². The highest BCUT2D eigenvalue weighted by molar-refractivity contribution is 5.21. The van der Waals surface area contributed by atoms with Gasteiger partial charge in [0.2, 0.25) is 0 Å². The smallest absolute Gasteiger partial charge is 0.00683 e. The Labute approximate surface area is 80.2 Å². The molecule has 1 aromatic carbocycles. The van der Waals surface area contributed by atoms with E-state index in [9.17, 15) is 0 Å². The second kappa shape index (κ2) is 3.93. The second-order valence-electron chi connectivity index (χ2n) is 3.96. The Morgan fingerprint density at radius 3 is 2.54 bits per heavy atom. The predicted octanol–water partition coefficient (Wildman–Crippen LogP) is 2.29. The highest BCUT2D eigenvalue weighted by atomic mass is 14.9. The first kappa shape index (κ1) is 8.76. The molecule has 1 aliphatic rings. The third-order valence-corrected chi connectivity index (χ3v) is 2.54. The number of hydrogen-bond donors (Lipinski definition) is 1. The first-order chi connectivity index (χ1) is 6.34. The molecule has 1 aliphatic carbocycles. The van der Waals surface area contributed by atoms with Gasteiger partial charge >= 0.3 is 0 Å². The Hall–Kier alpha value is -0.820. The second-order valence-corrected chi connectivity index (χ2v) is 3.96. The van der Waals surface area contributed by atoms with Crippen LogP contribution in [0.4, 0.5) is 0 Å². The molecule has 0 aromatic heterocycles. The molecule has 0 saturated heterocycles. The summed E-state index contributed by atoms with van der Waals surface area (Å²) < 4.78 is 0. The van der Waals surface area contributed by atoms with Crippen molar-refractivity contribution in [1.29, 1.82) is 0 Å². The molecule has 0 radical (unpaired) electrons. The molecular formula is C12H17N. The number of hydrogen-bond acceptors (Lipinski definition) is 1. The summed E-state index contributed by atoms with van der Waals surface area (Å²) in [6, 6.07) is 9.66. The summed E-state index contributed by atoms with van der Waals surface area (Å²) in [5.74, 6) is 0. The molecule has 1 nitrogen and oxygen atoms in total. The fourth-order valence-corrected chi connectivity index (χ4v) is 1.46. The van der Waals surface area contributed by atoms with E-state index in [-0.39, 0.29) is 0 Å². The minimum atomic E-state index is 0.838. The third-order valence-electron chi connectivity index (χ3n) is 2.54. The van der Waals surface area contributed by atoms with Crippen molar-refractivity contribution in [2.75, 3.05) is 6.54 Å². The zero-order valence-corrected chi connectivity index (χ0v) is 8.22. The summed E-state index contributed by atoms with van der Waals surface area (Å²) in [7, 11) is 0. The highest BCUT2D eigenvalue weighted by Crippen LogP contribution is 2.18. The van der Waals surface area contributed by atoms with E-state index in [0.29, 0.717) is 0 Å². The van der Waals surface area contributed by atoms with E-state index in [2.05, 4.69) is 36.5 Å². The quantitative estimate of drug-likeness (QED) is 0.740. The van der Waals surface area contributed by atoms with Crippen LogP contribution in [-0.2, 0) is 6.42 Å². The van der Waals surface area contributed by atoms with Crippen molar-refractivity contribution >= 4 is 0 Å². The number of nitrogens with one attached hydrogen (secondary N) is 1. The molecule has 1 fully saturated rings. The van der Waals surface area contributed by atoms with Gasteiger partial charge in [-0.15, -0.1) is 0 Å². The lowest BCUT2D eigenvalue weighted by molar-refractivity contribution is 0.682. The molecule has 0 heterocycles. The van der Waals surface area contributed by atoms with Crippen LogP contribution >= 0.6 is 0 Å². The molecule has 70 valence electrons. The van der Waals surface area contributed by atoms with Crippen LogP contribution in [0.1, 0.15) is 24.0 Å². The normalized spacial score (nSPS) is 16.1. The van der Waals surface area contributed by atoms with Crippen molar-refractivity contribution in [2.45, 2.75) is 32.2 Å². The topological polar surface area (TPSA) is 12.0 Å². The van der Waals surface area contributed by atoms with Crippen LogP contribution in [0.3, 0.4) is 0 Å². The average molecular weight is 175 g/mol. The molecule has 0 aliphatic heterocycles. The summed E-state index contributed by atoms with van der Waals surface area (Å²) in [6.07, 6.45) is 3.93. The van der Waals surface area contributed by atoms with Gasteiger partial charge in [0.1, 0.15) is 0 Å². The number of rotatable bonds is 4. The molecule has 1 saturated carbocycles. The lowest BCUT2D eigenvalue weighted by Gasteiger charge is -2.03. The molecule has 1 heteroatoms. The Bertz CT molecular complexity index is 259. The Morgan fingerprint density at radius 1 is 1.23 bits per heavy atom. The molecule has 0 unspecified atom stereocenters. The van der Waals surface area contributed by atoms with E-state index in [1.54, 1.807) is 0 Å². The van der Waals surface area contributed by atoms with Gasteiger partial charge in [0, 0.05) is 6.04 Å². The first-order valence-corrected chi connectivity index (χ1v) is 5.13. The lowest BCUT2D eigenvalue weighted by atomic mass is 10.1. The van der Waals surface area contributed by atoms with E-state index in [4.69, 9.17) is 0 Å². The van der Waals surface area contributed by atoms with E-state index in [1.807, 2.05) is 0 Å². The SMILES string of the molecule is Cc1ccc(CCNC2CC2)cc1. The molecule has 13 heavy (non-hydrogen) atoms. The summed E-state index contributed by atoms with van der Waals surface area (Å²) >= 11 is 0. The van der Waals surface area contributed by atoms with Crippen molar-refractivity contribution in [3.63, 3.8) is 0 Å². The van der Waals surface area contributed by atoms with Crippen LogP contribution in [0.25, 0.3) is 0 Å². The molecule has 0 spiro atoms. The molecule has 0 bridgehead atoms. The Morgan fingerprint density at radius 2 is 1.92 bits per heavy atom. The largest absolute Gasteiger partial charge is 0.314 e. The first-order valence-electron chi connectivity index (χ1n) is 5.13. The van der Waals surface area contributed by atoms with Crippen LogP contribution in [0, 0.1) is 6.92 Å². The van der Waals surface area contributed by atoms with Crippen molar-refractivity contribution in [2.24, 2.45) is 0 Å². The van der Waals surface area contributed by atoms with Gasteiger partial charge in [-0.2, -0.15) is 0 Å². The molecule has 1 N–H and O–H groups in total. The highest BCUT2D eigenvalue weighted by Gasteiger charge is 2.19. The van der Waals surface area contributed by atoms with E-state index >= 15 is 0 Å². The standard InChI is InChI=1S/C12H17N/c1-10-2-4-11(5-3-10)8-9-13-12-6-7-12/h2-5,12-13H,6-9H2,1H3. The summed E-state index contributed by atoms with van der Waals surface area (Å²) in [4.78, 5) is 0. The molecule has 1 aromatic rings. The van der Waals surface area contributed by atoms with Gasteiger partial charge in [-0.1, -0.05) is 29.8 Å². The van der Waals surface area contributed by atoms with Crippen molar-refractivity contribution in [3.8, 4) is 0 Å². The van der Waals surface area contributed by atoms with E-state index in [0.717, 1.165) is 19.0 Å². The van der Waals surface area contributed by atoms with Crippen molar-refractivity contribution in [3.05, 3.63) is 35.4 Å². The molecule has 0 amide bonds. The van der Waals surface area contributed by atoms with Crippen LogP contribution in [0.15, 0.2) is 24.3 Å². The summed E-state index contributed by atoms with van der Waals surface area (Å²) in [5.41, 5.74) is 2.79. The molecule has 2 rings (SSSR count). The Balaban J connectivity index is 1.76. The molecular weight excluding hydrogens is 158 g/mol. The van der Waals surface area contributed by atoms with Crippen LogP contribution in [0.2, 0.25) is 0 Å². The van der Waals surface area contributed by atoms with Crippen molar-refractivity contribution < 1.29 is 0 Å². The predicted molar refractivity (Wildman–Crippen MR) is 55.9 cm³/mol. The van der Waals surface area contributed by atoms with Gasteiger partial charge < -0.3 is 5.32 Å². The van der Waals surface area contributed by atoms with E-state index in [1.165, 1.54) is 24.0 Å². The maximum Gasteiger partial charge on any atom is 0.00683 e. The third kappa shape index (κ3) is 2.85.